The van der Waals surface area contributed by atoms with Gasteiger partial charge in [0.1, 0.15) is 0 Å². The Morgan fingerprint density at radius 1 is 0.464 bits per heavy atom. The van der Waals surface area contributed by atoms with Crippen LogP contribution >= 0.6 is 0 Å². The van der Waals surface area contributed by atoms with Crippen molar-refractivity contribution in [3.63, 3.8) is 0 Å². The van der Waals surface area contributed by atoms with Gasteiger partial charge in [-0.15, -0.1) is 0 Å². The summed E-state index contributed by atoms with van der Waals surface area (Å²) in [6.45, 7) is 0. The van der Waals surface area contributed by atoms with Crippen LogP contribution in [0.1, 0.15) is 0 Å². The molecule has 0 fully saturated rings. The van der Waals surface area contributed by atoms with Gasteiger partial charge in [0.2, 0.25) is 0 Å². The zero-order valence-corrected chi connectivity index (χ0v) is 15.4. The van der Waals surface area contributed by atoms with Crippen LogP contribution in [0.15, 0.2) is 97.1 Å². The Morgan fingerprint density at radius 2 is 0.857 bits per heavy atom. The molecular formula is C24H22N4. The maximum atomic E-state index is 6.18. The molecule has 4 aromatic rings. The number of hydrogen-bond donors (Lipinski definition) is 4. The first-order valence-corrected chi connectivity index (χ1v) is 9.12. The van der Waals surface area contributed by atoms with E-state index in [1.165, 1.54) is 0 Å². The van der Waals surface area contributed by atoms with Gasteiger partial charge in [0.05, 0.1) is 22.7 Å². The summed E-state index contributed by atoms with van der Waals surface area (Å²) in [5.41, 5.74) is 19.6. The van der Waals surface area contributed by atoms with Gasteiger partial charge in [-0.2, -0.15) is 0 Å². The Bertz CT molecular complexity index is 987. The highest BCUT2D eigenvalue weighted by molar-refractivity contribution is 5.83. The lowest BCUT2D eigenvalue weighted by molar-refractivity contribution is 1.52. The van der Waals surface area contributed by atoms with Gasteiger partial charge in [-0.05, 0) is 59.7 Å². The largest absolute Gasteiger partial charge is 0.397 e. The summed E-state index contributed by atoms with van der Waals surface area (Å²) in [4.78, 5) is 0. The molecule has 138 valence electrons. The van der Waals surface area contributed by atoms with E-state index in [4.69, 9.17) is 11.5 Å². The molecule has 6 N–H and O–H groups in total. The fourth-order valence-electron chi connectivity index (χ4n) is 3.04. The molecule has 0 amide bonds. The third-order valence-electron chi connectivity index (χ3n) is 4.55. The van der Waals surface area contributed by atoms with Gasteiger partial charge >= 0.3 is 0 Å². The molecule has 0 aliphatic rings. The monoisotopic (exact) mass is 366 g/mol. The first kappa shape index (κ1) is 17.5. The SMILES string of the molecule is Nc1ccc(-c2ccc(N)c(Nc3ccccc3)c2)cc1Nc1ccccc1. The van der Waals surface area contributed by atoms with Crippen LogP contribution in [0.5, 0.6) is 0 Å². The molecule has 0 aliphatic heterocycles. The molecule has 0 bridgehead atoms. The van der Waals surface area contributed by atoms with Gasteiger partial charge in [-0.3, -0.25) is 0 Å². The van der Waals surface area contributed by atoms with Crippen molar-refractivity contribution in [2.75, 3.05) is 22.1 Å². The van der Waals surface area contributed by atoms with Crippen molar-refractivity contribution in [2.45, 2.75) is 0 Å². The minimum atomic E-state index is 0.700. The second kappa shape index (κ2) is 7.76. The quantitative estimate of drug-likeness (QED) is 0.327. The van der Waals surface area contributed by atoms with Gasteiger partial charge in [0.15, 0.2) is 0 Å². The highest BCUT2D eigenvalue weighted by Gasteiger charge is 2.07. The second-order valence-corrected chi connectivity index (χ2v) is 6.59. The number of anilines is 6. The number of rotatable bonds is 5. The lowest BCUT2D eigenvalue weighted by Crippen LogP contribution is -1.98. The van der Waals surface area contributed by atoms with Gasteiger partial charge in [-0.1, -0.05) is 48.5 Å². The van der Waals surface area contributed by atoms with Crippen LogP contribution in [0.3, 0.4) is 0 Å². The third-order valence-corrected chi connectivity index (χ3v) is 4.55. The Hall–Kier alpha value is -3.92. The van der Waals surface area contributed by atoms with Crippen molar-refractivity contribution in [3.8, 4) is 11.1 Å². The maximum absolute atomic E-state index is 6.18. The predicted octanol–water partition coefficient (Wildman–Crippen LogP) is 6.01. The van der Waals surface area contributed by atoms with E-state index in [1.807, 2.05) is 84.9 Å². The van der Waals surface area contributed by atoms with E-state index in [0.717, 1.165) is 33.9 Å². The standard InChI is InChI=1S/C24H22N4/c25-21-13-11-17(15-23(21)27-19-7-3-1-4-8-19)18-12-14-22(26)24(16-18)28-20-9-5-2-6-10-20/h1-16,27-28H,25-26H2. The molecular weight excluding hydrogens is 344 g/mol. The highest BCUT2D eigenvalue weighted by Crippen LogP contribution is 2.33. The lowest BCUT2D eigenvalue weighted by Gasteiger charge is -2.14. The van der Waals surface area contributed by atoms with Crippen molar-refractivity contribution in [1.29, 1.82) is 0 Å². The molecule has 28 heavy (non-hydrogen) atoms. The molecule has 0 radical (unpaired) electrons. The summed E-state index contributed by atoms with van der Waals surface area (Å²) in [5.74, 6) is 0. The minimum absolute atomic E-state index is 0.700. The summed E-state index contributed by atoms with van der Waals surface area (Å²) in [6, 6.07) is 32.0. The topological polar surface area (TPSA) is 76.1 Å². The van der Waals surface area contributed by atoms with Gasteiger partial charge in [0, 0.05) is 11.4 Å². The molecule has 0 saturated carbocycles. The fraction of sp³-hybridized carbons (Fsp3) is 0. The average Bonchev–Trinajstić information content (AvgIpc) is 2.73. The van der Waals surface area contributed by atoms with Crippen LogP contribution in [0.2, 0.25) is 0 Å². The first-order valence-electron chi connectivity index (χ1n) is 9.12. The molecule has 0 heterocycles. The van der Waals surface area contributed by atoms with E-state index in [9.17, 15) is 0 Å². The van der Waals surface area contributed by atoms with Crippen LogP contribution in [-0.2, 0) is 0 Å². The van der Waals surface area contributed by atoms with Crippen molar-refractivity contribution >= 4 is 34.1 Å². The van der Waals surface area contributed by atoms with E-state index in [-0.39, 0.29) is 0 Å². The van der Waals surface area contributed by atoms with E-state index in [2.05, 4.69) is 22.8 Å². The molecule has 4 rings (SSSR count). The zero-order valence-electron chi connectivity index (χ0n) is 15.4. The molecule has 0 spiro atoms. The van der Waals surface area contributed by atoms with Gasteiger partial charge in [-0.25, -0.2) is 0 Å². The highest BCUT2D eigenvalue weighted by atomic mass is 14.9. The molecule has 0 aromatic heterocycles. The van der Waals surface area contributed by atoms with Crippen LogP contribution in [0.25, 0.3) is 11.1 Å². The van der Waals surface area contributed by atoms with Crippen molar-refractivity contribution < 1.29 is 0 Å². The number of nitrogens with one attached hydrogen (secondary N) is 2. The molecule has 0 unspecified atom stereocenters. The molecule has 0 atom stereocenters. The minimum Gasteiger partial charge on any atom is -0.397 e. The summed E-state index contributed by atoms with van der Waals surface area (Å²) in [7, 11) is 0. The van der Waals surface area contributed by atoms with Crippen LogP contribution in [-0.4, -0.2) is 0 Å². The Balaban J connectivity index is 1.65. The van der Waals surface area contributed by atoms with Crippen LogP contribution in [0.4, 0.5) is 34.1 Å². The molecule has 4 heteroatoms. The summed E-state index contributed by atoms with van der Waals surface area (Å²) in [5, 5.41) is 6.77. The molecule has 4 aromatic carbocycles. The number of para-hydroxylation sites is 2. The number of nitrogen functional groups attached to an aromatic ring is 2. The molecule has 0 aliphatic carbocycles. The average molecular weight is 366 g/mol. The fourth-order valence-corrected chi connectivity index (χ4v) is 3.04. The van der Waals surface area contributed by atoms with Crippen LogP contribution in [0, 0.1) is 0 Å². The molecule has 0 saturated heterocycles. The van der Waals surface area contributed by atoms with E-state index in [1.54, 1.807) is 0 Å². The van der Waals surface area contributed by atoms with E-state index in [0.29, 0.717) is 11.4 Å². The van der Waals surface area contributed by atoms with Crippen molar-refractivity contribution in [1.82, 2.24) is 0 Å². The Labute approximate surface area is 164 Å². The summed E-state index contributed by atoms with van der Waals surface area (Å²) < 4.78 is 0. The van der Waals surface area contributed by atoms with E-state index < -0.39 is 0 Å². The number of nitrogens with two attached hydrogens (primary N) is 2. The lowest BCUT2D eigenvalue weighted by atomic mass is 10.0. The van der Waals surface area contributed by atoms with Crippen molar-refractivity contribution in [2.24, 2.45) is 0 Å². The molecule has 4 nitrogen and oxygen atoms in total. The number of hydrogen-bond acceptors (Lipinski definition) is 4. The van der Waals surface area contributed by atoms with Crippen molar-refractivity contribution in [3.05, 3.63) is 97.1 Å². The Kier molecular flexibility index (Phi) is 4.85. The first-order chi connectivity index (χ1) is 13.7. The second-order valence-electron chi connectivity index (χ2n) is 6.59. The Morgan fingerprint density at radius 3 is 1.25 bits per heavy atom. The van der Waals surface area contributed by atoms with E-state index >= 15 is 0 Å². The zero-order chi connectivity index (χ0) is 19.3. The summed E-state index contributed by atoms with van der Waals surface area (Å²) in [6.07, 6.45) is 0. The predicted molar refractivity (Wildman–Crippen MR) is 120 cm³/mol. The summed E-state index contributed by atoms with van der Waals surface area (Å²) >= 11 is 0. The maximum Gasteiger partial charge on any atom is 0.0624 e. The smallest absolute Gasteiger partial charge is 0.0624 e. The normalized spacial score (nSPS) is 10.4. The van der Waals surface area contributed by atoms with Gasteiger partial charge in [0.25, 0.3) is 0 Å². The number of benzene rings is 4. The third kappa shape index (κ3) is 3.91. The van der Waals surface area contributed by atoms with Gasteiger partial charge < -0.3 is 22.1 Å². The van der Waals surface area contributed by atoms with Crippen LogP contribution < -0.4 is 22.1 Å².